The Bertz CT molecular complexity index is 782. The lowest BCUT2D eigenvalue weighted by Gasteiger charge is -2.33. The monoisotopic (exact) mass is 404 g/mol. The van der Waals surface area contributed by atoms with Gasteiger partial charge < -0.3 is 14.7 Å². The van der Waals surface area contributed by atoms with Crippen molar-refractivity contribution >= 4 is 18.3 Å². The molecule has 2 heterocycles. The number of carbonyl (C=O) groups is 1. The molecule has 1 amide bonds. The number of likely N-dealkylation sites (N-methyl/N-ethyl adjacent to an activating group) is 1. The summed E-state index contributed by atoms with van der Waals surface area (Å²) in [6.45, 7) is 2.09. The van der Waals surface area contributed by atoms with Gasteiger partial charge in [0.25, 0.3) is 5.91 Å². The minimum Gasteiger partial charge on any atom is -0.337 e. The molecule has 4 rings (SSSR count). The van der Waals surface area contributed by atoms with E-state index in [2.05, 4.69) is 22.4 Å². The molecule has 0 radical (unpaired) electrons. The number of rotatable bonds is 5. The van der Waals surface area contributed by atoms with Crippen LogP contribution in [0.2, 0.25) is 0 Å². The Morgan fingerprint density at radius 2 is 2.04 bits per heavy atom. The number of benzene rings is 1. The summed E-state index contributed by atoms with van der Waals surface area (Å²) in [6, 6.07) is 10.0. The molecule has 2 fully saturated rings. The number of nitrogens with one attached hydrogen (secondary N) is 1. The second kappa shape index (κ2) is 9.05. The zero-order chi connectivity index (χ0) is 18.8. The summed E-state index contributed by atoms with van der Waals surface area (Å²) >= 11 is 0. The third-order valence-electron chi connectivity index (χ3n) is 6.09. The molecule has 0 bridgehead atoms. The van der Waals surface area contributed by atoms with Gasteiger partial charge in [0, 0.05) is 24.1 Å². The first kappa shape index (κ1) is 20.8. The molecule has 2 aliphatic rings. The zero-order valence-corrected chi connectivity index (χ0v) is 17.3. The lowest BCUT2D eigenvalue weighted by Crippen LogP contribution is -2.40. The van der Waals surface area contributed by atoms with Crippen molar-refractivity contribution in [2.75, 3.05) is 7.05 Å². The minimum absolute atomic E-state index is 0. The van der Waals surface area contributed by atoms with Gasteiger partial charge in [-0.25, -0.2) is 0 Å². The maximum atomic E-state index is 13.3. The fraction of sp³-hybridized carbons (Fsp3) is 0.571. The van der Waals surface area contributed by atoms with Crippen LogP contribution in [-0.4, -0.2) is 40.1 Å². The molecule has 1 aromatic carbocycles. The second-order valence-corrected chi connectivity index (χ2v) is 7.88. The van der Waals surface area contributed by atoms with Crippen molar-refractivity contribution in [1.82, 2.24) is 20.4 Å². The van der Waals surface area contributed by atoms with Crippen molar-refractivity contribution in [1.29, 1.82) is 0 Å². The van der Waals surface area contributed by atoms with Crippen LogP contribution in [-0.2, 0) is 6.42 Å². The molecule has 152 valence electrons. The van der Waals surface area contributed by atoms with Gasteiger partial charge in [-0.3, -0.25) is 4.79 Å². The third kappa shape index (κ3) is 4.08. The highest BCUT2D eigenvalue weighted by Gasteiger charge is 2.47. The number of fused-ring (bicyclic) bond motifs is 1. The van der Waals surface area contributed by atoms with Crippen LogP contribution in [0.15, 0.2) is 34.9 Å². The van der Waals surface area contributed by atoms with Crippen LogP contribution < -0.4 is 5.32 Å². The molecule has 1 aliphatic carbocycles. The van der Waals surface area contributed by atoms with E-state index in [0.717, 1.165) is 18.4 Å². The van der Waals surface area contributed by atoms with Crippen molar-refractivity contribution in [2.45, 2.75) is 63.6 Å². The van der Waals surface area contributed by atoms with E-state index in [0.29, 0.717) is 24.1 Å². The highest BCUT2D eigenvalue weighted by molar-refractivity contribution is 5.94. The van der Waals surface area contributed by atoms with Gasteiger partial charge in [-0.1, -0.05) is 36.2 Å². The summed E-state index contributed by atoms with van der Waals surface area (Å²) in [6.07, 6.45) is 6.31. The normalized spacial score (nSPS) is 25.1. The molecule has 1 saturated heterocycles. The van der Waals surface area contributed by atoms with E-state index in [4.69, 9.17) is 4.52 Å². The van der Waals surface area contributed by atoms with Crippen LogP contribution >= 0.6 is 12.4 Å². The first-order chi connectivity index (χ1) is 13.2. The molecule has 1 saturated carbocycles. The van der Waals surface area contributed by atoms with Gasteiger partial charge in [-0.15, -0.1) is 12.4 Å². The Morgan fingerprint density at radius 3 is 2.79 bits per heavy atom. The SMILES string of the molecule is CNC(C)Cc1noc(C2CC3CCCCC3N2C(=O)c2ccccc2)n1.Cl. The quantitative estimate of drug-likeness (QED) is 0.820. The second-order valence-electron chi connectivity index (χ2n) is 7.88. The summed E-state index contributed by atoms with van der Waals surface area (Å²) in [5.41, 5.74) is 0.734. The number of likely N-dealkylation sites (tertiary alicyclic amines) is 1. The Balaban J connectivity index is 0.00000225. The van der Waals surface area contributed by atoms with Gasteiger partial charge in [0.05, 0.1) is 0 Å². The number of amides is 1. The topological polar surface area (TPSA) is 71.3 Å². The molecule has 1 N–H and O–H groups in total. The van der Waals surface area contributed by atoms with Crippen LogP contribution in [0.3, 0.4) is 0 Å². The maximum absolute atomic E-state index is 13.3. The molecule has 4 unspecified atom stereocenters. The van der Waals surface area contributed by atoms with Gasteiger partial charge in [0.15, 0.2) is 5.82 Å². The molecule has 6 nitrogen and oxygen atoms in total. The maximum Gasteiger partial charge on any atom is 0.254 e. The van der Waals surface area contributed by atoms with Crippen LogP contribution in [0.4, 0.5) is 0 Å². The van der Waals surface area contributed by atoms with E-state index in [1.54, 1.807) is 0 Å². The standard InChI is InChI=1S/C21H28N4O2.ClH/c1-14(22-2)12-19-23-20(27-24-19)18-13-16-10-6-7-11-17(16)25(18)21(26)15-8-4-3-5-9-15;/h3-5,8-9,14,16-18,22H,6-7,10-13H2,1-2H3;1H. The number of hydrogen-bond donors (Lipinski definition) is 1. The van der Waals surface area contributed by atoms with E-state index in [1.165, 1.54) is 19.3 Å². The first-order valence-electron chi connectivity index (χ1n) is 10.0. The van der Waals surface area contributed by atoms with E-state index >= 15 is 0 Å². The Kier molecular flexibility index (Phi) is 6.73. The predicted molar refractivity (Wildman–Crippen MR) is 109 cm³/mol. The third-order valence-corrected chi connectivity index (χ3v) is 6.09. The summed E-state index contributed by atoms with van der Waals surface area (Å²) < 4.78 is 5.63. The predicted octanol–water partition coefficient (Wildman–Crippen LogP) is 3.79. The number of halogens is 1. The van der Waals surface area contributed by atoms with Gasteiger partial charge >= 0.3 is 0 Å². The number of nitrogens with zero attached hydrogens (tertiary/aromatic N) is 3. The lowest BCUT2D eigenvalue weighted by molar-refractivity contribution is 0.0588. The van der Waals surface area contributed by atoms with Gasteiger partial charge in [-0.05, 0) is 51.3 Å². The van der Waals surface area contributed by atoms with Crippen molar-refractivity contribution in [3.05, 3.63) is 47.6 Å². The van der Waals surface area contributed by atoms with Gasteiger partial charge in [0.2, 0.25) is 5.89 Å². The molecule has 1 aliphatic heterocycles. The highest BCUT2D eigenvalue weighted by Crippen LogP contribution is 2.46. The van der Waals surface area contributed by atoms with E-state index in [1.807, 2.05) is 42.3 Å². The number of aromatic nitrogens is 2. The Hall–Kier alpha value is -1.92. The molecule has 2 aromatic rings. The van der Waals surface area contributed by atoms with Crippen LogP contribution in [0.5, 0.6) is 0 Å². The zero-order valence-electron chi connectivity index (χ0n) is 16.5. The van der Waals surface area contributed by atoms with E-state index in [-0.39, 0.29) is 36.4 Å². The average Bonchev–Trinajstić information content (AvgIpc) is 3.32. The van der Waals surface area contributed by atoms with Crippen molar-refractivity contribution < 1.29 is 9.32 Å². The van der Waals surface area contributed by atoms with E-state index in [9.17, 15) is 4.79 Å². The van der Waals surface area contributed by atoms with Gasteiger partial charge in [0.1, 0.15) is 6.04 Å². The van der Waals surface area contributed by atoms with E-state index < -0.39 is 0 Å². The summed E-state index contributed by atoms with van der Waals surface area (Å²) in [7, 11) is 1.92. The number of hydrogen-bond acceptors (Lipinski definition) is 5. The molecule has 4 atom stereocenters. The smallest absolute Gasteiger partial charge is 0.254 e. The fourth-order valence-electron chi connectivity index (χ4n) is 4.56. The molecular weight excluding hydrogens is 376 g/mol. The minimum atomic E-state index is -0.114. The molecule has 7 heteroatoms. The van der Waals surface area contributed by atoms with Crippen molar-refractivity contribution in [3.8, 4) is 0 Å². The first-order valence-corrected chi connectivity index (χ1v) is 10.0. The Labute approximate surface area is 172 Å². The molecule has 28 heavy (non-hydrogen) atoms. The van der Waals surface area contributed by atoms with Crippen LogP contribution in [0, 0.1) is 5.92 Å². The van der Waals surface area contributed by atoms with Crippen LogP contribution in [0.25, 0.3) is 0 Å². The summed E-state index contributed by atoms with van der Waals surface area (Å²) in [5, 5.41) is 7.36. The molecule has 0 spiro atoms. The highest BCUT2D eigenvalue weighted by atomic mass is 35.5. The Morgan fingerprint density at radius 1 is 1.29 bits per heavy atom. The molecule has 1 aromatic heterocycles. The summed E-state index contributed by atoms with van der Waals surface area (Å²) in [5.74, 6) is 1.90. The van der Waals surface area contributed by atoms with Crippen molar-refractivity contribution in [3.63, 3.8) is 0 Å². The molecular formula is C21H29ClN4O2. The van der Waals surface area contributed by atoms with Gasteiger partial charge in [-0.2, -0.15) is 4.98 Å². The lowest BCUT2D eigenvalue weighted by atomic mass is 9.84. The summed E-state index contributed by atoms with van der Waals surface area (Å²) in [4.78, 5) is 20.0. The number of carbonyl (C=O) groups excluding carboxylic acids is 1. The van der Waals surface area contributed by atoms with Crippen molar-refractivity contribution in [2.24, 2.45) is 5.92 Å². The largest absolute Gasteiger partial charge is 0.337 e. The van der Waals surface area contributed by atoms with Crippen LogP contribution in [0.1, 0.15) is 67.1 Å². The average molecular weight is 405 g/mol. The fourth-order valence-corrected chi connectivity index (χ4v) is 4.56.